The molecule has 1 unspecified atom stereocenters. The smallest absolute Gasteiger partial charge is 0.148 e. The molecule has 0 radical (unpaired) electrons. The molecule has 1 aromatic heterocycles. The second kappa shape index (κ2) is 5.69. The molecule has 5 heteroatoms. The Labute approximate surface area is 107 Å². The fourth-order valence-electron chi connectivity index (χ4n) is 1.93. The molecule has 1 saturated heterocycles. The summed E-state index contributed by atoms with van der Waals surface area (Å²) in [5.41, 5.74) is 1.11. The highest BCUT2D eigenvalue weighted by atomic mass is 32.2. The molecule has 0 bridgehead atoms. The van der Waals surface area contributed by atoms with Gasteiger partial charge >= 0.3 is 0 Å². The zero-order valence-electron chi connectivity index (χ0n) is 10.7. The Kier molecular flexibility index (Phi) is 4.23. The molecule has 0 aliphatic carbocycles. The first-order valence-electron chi connectivity index (χ1n) is 6.08. The first kappa shape index (κ1) is 12.6. The van der Waals surface area contributed by atoms with Crippen molar-refractivity contribution in [3.8, 4) is 0 Å². The van der Waals surface area contributed by atoms with Gasteiger partial charge in [-0.3, -0.25) is 4.90 Å². The molecule has 0 saturated carbocycles. The molecule has 1 N–H and O–H groups in total. The van der Waals surface area contributed by atoms with E-state index in [0.29, 0.717) is 6.04 Å². The summed E-state index contributed by atoms with van der Waals surface area (Å²) >= 11 is 1.99. The Morgan fingerprint density at radius 1 is 1.53 bits per heavy atom. The summed E-state index contributed by atoms with van der Waals surface area (Å²) in [5, 5.41) is 3.12. The van der Waals surface area contributed by atoms with Crippen LogP contribution in [-0.4, -0.2) is 47.0 Å². The average Bonchev–Trinajstić information content (AvgIpc) is 2.38. The standard InChI is InChI=1S/C12H20N4S/c1-4-9-7-11(13-2)15-12(14-9)10-8-17-6-5-16(10)3/h7,10H,4-6,8H2,1-3H3,(H,13,14,15). The van der Waals surface area contributed by atoms with Gasteiger partial charge in [0.2, 0.25) is 0 Å². The molecule has 94 valence electrons. The normalized spacial score (nSPS) is 21.5. The number of nitrogens with one attached hydrogen (secondary N) is 1. The highest BCUT2D eigenvalue weighted by molar-refractivity contribution is 7.99. The van der Waals surface area contributed by atoms with E-state index in [4.69, 9.17) is 0 Å². The number of aryl methyl sites for hydroxylation is 1. The van der Waals surface area contributed by atoms with Crippen molar-refractivity contribution in [1.82, 2.24) is 14.9 Å². The van der Waals surface area contributed by atoms with Gasteiger partial charge in [0.15, 0.2) is 0 Å². The fraction of sp³-hybridized carbons (Fsp3) is 0.667. The van der Waals surface area contributed by atoms with Crippen LogP contribution in [-0.2, 0) is 6.42 Å². The first-order chi connectivity index (χ1) is 8.24. The fourth-order valence-corrected chi connectivity index (χ4v) is 3.14. The van der Waals surface area contributed by atoms with Gasteiger partial charge in [-0.1, -0.05) is 6.92 Å². The molecule has 0 amide bonds. The van der Waals surface area contributed by atoms with Crippen LogP contribution < -0.4 is 5.32 Å². The van der Waals surface area contributed by atoms with Crippen LogP contribution in [0.2, 0.25) is 0 Å². The third kappa shape index (κ3) is 2.90. The maximum Gasteiger partial charge on any atom is 0.148 e. The third-order valence-corrected chi connectivity index (χ3v) is 4.13. The van der Waals surface area contributed by atoms with E-state index in [2.05, 4.69) is 34.2 Å². The SMILES string of the molecule is CCc1cc(NC)nc(C2CSCCN2C)n1. The van der Waals surface area contributed by atoms with Crippen molar-refractivity contribution in [2.75, 3.05) is 37.5 Å². The third-order valence-electron chi connectivity index (χ3n) is 3.11. The zero-order valence-corrected chi connectivity index (χ0v) is 11.5. The number of hydrogen-bond acceptors (Lipinski definition) is 5. The molecule has 1 aliphatic heterocycles. The van der Waals surface area contributed by atoms with Gasteiger partial charge in [-0.15, -0.1) is 0 Å². The minimum absolute atomic E-state index is 0.354. The molecule has 4 nitrogen and oxygen atoms in total. The summed E-state index contributed by atoms with van der Waals surface area (Å²) in [6.45, 7) is 3.24. The van der Waals surface area contributed by atoms with Gasteiger partial charge in [-0.25, -0.2) is 9.97 Å². The van der Waals surface area contributed by atoms with E-state index < -0.39 is 0 Å². The highest BCUT2D eigenvalue weighted by Crippen LogP contribution is 2.26. The first-order valence-corrected chi connectivity index (χ1v) is 7.23. The van der Waals surface area contributed by atoms with Crippen molar-refractivity contribution in [3.05, 3.63) is 17.6 Å². The Bertz CT molecular complexity index is 361. The number of rotatable bonds is 3. The van der Waals surface area contributed by atoms with Crippen LogP contribution in [0.15, 0.2) is 6.07 Å². The summed E-state index contributed by atoms with van der Waals surface area (Å²) in [4.78, 5) is 11.6. The van der Waals surface area contributed by atoms with Crippen LogP contribution in [0.3, 0.4) is 0 Å². The van der Waals surface area contributed by atoms with Crippen LogP contribution in [0.1, 0.15) is 24.5 Å². The van der Waals surface area contributed by atoms with Gasteiger partial charge in [0, 0.05) is 36.9 Å². The van der Waals surface area contributed by atoms with Crippen molar-refractivity contribution >= 4 is 17.6 Å². The van der Waals surface area contributed by atoms with Crippen molar-refractivity contribution in [1.29, 1.82) is 0 Å². The van der Waals surface area contributed by atoms with Crippen molar-refractivity contribution < 1.29 is 0 Å². The summed E-state index contributed by atoms with van der Waals surface area (Å²) in [5.74, 6) is 4.19. The van der Waals surface area contributed by atoms with Crippen LogP contribution >= 0.6 is 11.8 Å². The molecule has 2 heterocycles. The molecule has 1 fully saturated rings. The van der Waals surface area contributed by atoms with E-state index in [0.717, 1.165) is 36.1 Å². The topological polar surface area (TPSA) is 41.1 Å². The molecule has 1 aromatic rings. The van der Waals surface area contributed by atoms with Gasteiger partial charge in [-0.05, 0) is 13.5 Å². The quantitative estimate of drug-likeness (QED) is 0.888. The Hall–Kier alpha value is -0.810. The van der Waals surface area contributed by atoms with E-state index in [1.807, 2.05) is 24.9 Å². The second-order valence-corrected chi connectivity index (χ2v) is 5.43. The summed E-state index contributed by atoms with van der Waals surface area (Å²) in [6.07, 6.45) is 0.952. The summed E-state index contributed by atoms with van der Waals surface area (Å²) in [6, 6.07) is 2.38. The lowest BCUT2D eigenvalue weighted by atomic mass is 10.2. The number of aromatic nitrogens is 2. The Morgan fingerprint density at radius 3 is 3.00 bits per heavy atom. The molecular formula is C12H20N4S. The van der Waals surface area contributed by atoms with Gasteiger partial charge in [0.05, 0.1) is 6.04 Å². The predicted octanol–water partition coefficient (Wildman–Crippen LogP) is 1.80. The molecule has 1 atom stereocenters. The van der Waals surface area contributed by atoms with Gasteiger partial charge in [0.25, 0.3) is 0 Å². The molecular weight excluding hydrogens is 232 g/mol. The maximum absolute atomic E-state index is 4.67. The van der Waals surface area contributed by atoms with E-state index in [1.165, 1.54) is 5.75 Å². The maximum atomic E-state index is 4.67. The minimum atomic E-state index is 0.354. The second-order valence-electron chi connectivity index (χ2n) is 4.28. The lowest BCUT2D eigenvalue weighted by Gasteiger charge is -2.31. The van der Waals surface area contributed by atoms with Gasteiger partial charge < -0.3 is 5.32 Å². The van der Waals surface area contributed by atoms with E-state index in [-0.39, 0.29) is 0 Å². The highest BCUT2D eigenvalue weighted by Gasteiger charge is 2.24. The van der Waals surface area contributed by atoms with Crippen molar-refractivity contribution in [2.45, 2.75) is 19.4 Å². The molecule has 0 spiro atoms. The molecule has 0 aromatic carbocycles. The number of thioether (sulfide) groups is 1. The van der Waals surface area contributed by atoms with Gasteiger partial charge in [0.1, 0.15) is 11.6 Å². The van der Waals surface area contributed by atoms with Crippen molar-refractivity contribution in [2.24, 2.45) is 0 Å². The Balaban J connectivity index is 2.29. The predicted molar refractivity (Wildman–Crippen MR) is 73.7 cm³/mol. The van der Waals surface area contributed by atoms with Crippen LogP contribution in [0.5, 0.6) is 0 Å². The summed E-state index contributed by atoms with van der Waals surface area (Å²) < 4.78 is 0. The van der Waals surface area contributed by atoms with Crippen LogP contribution in [0.25, 0.3) is 0 Å². The molecule has 2 rings (SSSR count). The average molecular weight is 252 g/mol. The van der Waals surface area contributed by atoms with E-state index in [9.17, 15) is 0 Å². The minimum Gasteiger partial charge on any atom is -0.373 e. The summed E-state index contributed by atoms with van der Waals surface area (Å²) in [7, 11) is 4.07. The molecule has 17 heavy (non-hydrogen) atoms. The number of anilines is 1. The lowest BCUT2D eigenvalue weighted by molar-refractivity contribution is 0.264. The van der Waals surface area contributed by atoms with Gasteiger partial charge in [-0.2, -0.15) is 11.8 Å². The van der Waals surface area contributed by atoms with Crippen molar-refractivity contribution in [3.63, 3.8) is 0 Å². The van der Waals surface area contributed by atoms with E-state index >= 15 is 0 Å². The van der Waals surface area contributed by atoms with E-state index in [1.54, 1.807) is 0 Å². The lowest BCUT2D eigenvalue weighted by Crippen LogP contribution is -2.34. The van der Waals surface area contributed by atoms with Crippen LogP contribution in [0.4, 0.5) is 5.82 Å². The zero-order chi connectivity index (χ0) is 12.3. The number of nitrogens with zero attached hydrogens (tertiary/aromatic N) is 3. The number of hydrogen-bond donors (Lipinski definition) is 1. The largest absolute Gasteiger partial charge is 0.373 e. The Morgan fingerprint density at radius 2 is 2.35 bits per heavy atom. The monoisotopic (exact) mass is 252 g/mol. The van der Waals surface area contributed by atoms with Crippen LogP contribution in [0, 0.1) is 0 Å². The molecule has 1 aliphatic rings.